The molecule has 6 nitrogen and oxygen atoms in total. The lowest BCUT2D eigenvalue weighted by atomic mass is 10.1. The van der Waals surface area contributed by atoms with E-state index in [1.165, 1.54) is 22.6 Å². The first-order chi connectivity index (χ1) is 9.68. The van der Waals surface area contributed by atoms with E-state index >= 15 is 0 Å². The van der Waals surface area contributed by atoms with Crippen molar-refractivity contribution in [2.45, 2.75) is 24.3 Å². The Morgan fingerprint density at radius 2 is 1.90 bits per heavy atom. The van der Waals surface area contributed by atoms with Crippen LogP contribution in [0.3, 0.4) is 0 Å². The monoisotopic (exact) mass is 333 g/mol. The van der Waals surface area contributed by atoms with Crippen LogP contribution in [-0.2, 0) is 10.0 Å². The van der Waals surface area contributed by atoms with Gasteiger partial charge in [-0.1, -0.05) is 11.6 Å². The number of sulfonamides is 1. The molecule has 1 fully saturated rings. The maximum atomic E-state index is 12.5. The minimum atomic E-state index is -3.52. The molecule has 1 saturated heterocycles. The molecule has 0 saturated carbocycles. The van der Waals surface area contributed by atoms with Gasteiger partial charge in [0.25, 0.3) is 0 Å². The Morgan fingerprint density at radius 3 is 2.38 bits per heavy atom. The van der Waals surface area contributed by atoms with Crippen molar-refractivity contribution in [3.8, 4) is 0 Å². The normalized spacial score (nSPS) is 18.9. The molecule has 1 aromatic heterocycles. The summed E-state index contributed by atoms with van der Waals surface area (Å²) in [5.41, 5.74) is -0.777. The highest BCUT2D eigenvalue weighted by Crippen LogP contribution is 2.18. The summed E-state index contributed by atoms with van der Waals surface area (Å²) < 4.78 is 26.4. The van der Waals surface area contributed by atoms with E-state index in [1.54, 1.807) is 13.8 Å². The third-order valence-corrected chi connectivity index (χ3v) is 5.39. The Bertz CT molecular complexity index is 576. The summed E-state index contributed by atoms with van der Waals surface area (Å²) in [6, 6.07) is 2.94. The summed E-state index contributed by atoms with van der Waals surface area (Å²) in [7, 11) is -3.52. The van der Waals surface area contributed by atoms with E-state index in [9.17, 15) is 13.5 Å². The smallest absolute Gasteiger partial charge is 0.244 e. The van der Waals surface area contributed by atoms with Crippen LogP contribution in [0.15, 0.2) is 23.2 Å². The van der Waals surface area contributed by atoms with Crippen LogP contribution in [0.1, 0.15) is 13.8 Å². The maximum Gasteiger partial charge on any atom is 0.244 e. The van der Waals surface area contributed by atoms with Crippen molar-refractivity contribution >= 4 is 21.6 Å². The minimum Gasteiger partial charge on any atom is -0.389 e. The highest BCUT2D eigenvalue weighted by atomic mass is 35.5. The van der Waals surface area contributed by atoms with Crippen LogP contribution in [0.4, 0.5) is 0 Å². The molecule has 1 N–H and O–H groups in total. The average Bonchev–Trinajstić information content (AvgIpc) is 2.38. The van der Waals surface area contributed by atoms with Crippen LogP contribution in [0.2, 0.25) is 5.15 Å². The van der Waals surface area contributed by atoms with Crippen LogP contribution < -0.4 is 0 Å². The lowest BCUT2D eigenvalue weighted by Gasteiger charge is -2.36. The number of piperazine rings is 1. The Kier molecular flexibility index (Phi) is 4.89. The average molecular weight is 334 g/mol. The molecular weight excluding hydrogens is 314 g/mol. The number of nitrogens with zero attached hydrogens (tertiary/aromatic N) is 3. The number of aliphatic hydroxyl groups is 1. The zero-order valence-corrected chi connectivity index (χ0v) is 13.7. The van der Waals surface area contributed by atoms with E-state index in [-0.39, 0.29) is 10.0 Å². The second-order valence-corrected chi connectivity index (χ2v) is 8.13. The third kappa shape index (κ3) is 4.37. The molecule has 0 radical (unpaired) electrons. The van der Waals surface area contributed by atoms with E-state index < -0.39 is 15.6 Å². The van der Waals surface area contributed by atoms with Gasteiger partial charge in [-0.3, -0.25) is 4.90 Å². The number of pyridine rings is 1. The quantitative estimate of drug-likeness (QED) is 0.825. The third-order valence-electron chi connectivity index (χ3n) is 3.28. The summed E-state index contributed by atoms with van der Waals surface area (Å²) in [5.74, 6) is 0. The van der Waals surface area contributed by atoms with Gasteiger partial charge < -0.3 is 5.11 Å². The lowest BCUT2D eigenvalue weighted by Crippen LogP contribution is -2.51. The molecule has 1 aliphatic heterocycles. The van der Waals surface area contributed by atoms with E-state index in [2.05, 4.69) is 9.88 Å². The van der Waals surface area contributed by atoms with E-state index in [0.29, 0.717) is 32.7 Å². The summed E-state index contributed by atoms with van der Waals surface area (Å²) in [6.45, 7) is 6.03. The molecule has 2 heterocycles. The molecule has 0 unspecified atom stereocenters. The second-order valence-electron chi connectivity index (χ2n) is 5.81. The topological polar surface area (TPSA) is 73.7 Å². The summed E-state index contributed by atoms with van der Waals surface area (Å²) in [4.78, 5) is 6.04. The predicted molar refractivity (Wildman–Crippen MR) is 80.7 cm³/mol. The Balaban J connectivity index is 2.03. The fraction of sp³-hybridized carbons (Fsp3) is 0.615. The molecule has 118 valence electrons. The first kappa shape index (κ1) is 16.6. The van der Waals surface area contributed by atoms with Crippen molar-refractivity contribution in [1.82, 2.24) is 14.2 Å². The summed E-state index contributed by atoms with van der Waals surface area (Å²) >= 11 is 5.68. The van der Waals surface area contributed by atoms with Gasteiger partial charge in [-0.25, -0.2) is 13.4 Å². The van der Waals surface area contributed by atoms with Gasteiger partial charge in [-0.2, -0.15) is 4.31 Å². The molecule has 0 aliphatic carbocycles. The lowest BCUT2D eigenvalue weighted by molar-refractivity contribution is 0.0263. The highest BCUT2D eigenvalue weighted by molar-refractivity contribution is 7.89. The number of halogens is 1. The van der Waals surface area contributed by atoms with E-state index in [0.717, 1.165) is 0 Å². The van der Waals surface area contributed by atoms with Crippen LogP contribution in [0.25, 0.3) is 0 Å². The molecule has 2 rings (SSSR count). The molecule has 8 heteroatoms. The number of aromatic nitrogens is 1. The van der Waals surface area contributed by atoms with Gasteiger partial charge in [0.15, 0.2) is 0 Å². The van der Waals surface area contributed by atoms with Crippen molar-refractivity contribution in [1.29, 1.82) is 0 Å². The van der Waals surface area contributed by atoms with Crippen LogP contribution >= 0.6 is 11.6 Å². The molecule has 0 aromatic carbocycles. The summed E-state index contributed by atoms with van der Waals surface area (Å²) in [6.07, 6.45) is 1.28. The fourth-order valence-corrected chi connectivity index (χ4v) is 3.82. The van der Waals surface area contributed by atoms with Crippen LogP contribution in [-0.4, -0.2) is 66.0 Å². The van der Waals surface area contributed by atoms with Gasteiger partial charge in [0.05, 0.1) is 5.60 Å². The van der Waals surface area contributed by atoms with Gasteiger partial charge >= 0.3 is 0 Å². The van der Waals surface area contributed by atoms with Crippen molar-refractivity contribution in [3.05, 3.63) is 23.5 Å². The molecule has 0 spiro atoms. The molecule has 0 amide bonds. The zero-order chi connectivity index (χ0) is 15.7. The van der Waals surface area contributed by atoms with Crippen molar-refractivity contribution in [2.24, 2.45) is 0 Å². The highest BCUT2D eigenvalue weighted by Gasteiger charge is 2.30. The molecule has 1 aromatic rings. The Hall–Kier alpha value is -0.730. The number of hydrogen-bond acceptors (Lipinski definition) is 5. The van der Waals surface area contributed by atoms with Crippen LogP contribution in [0.5, 0.6) is 0 Å². The van der Waals surface area contributed by atoms with E-state index in [1.807, 2.05) is 0 Å². The van der Waals surface area contributed by atoms with Gasteiger partial charge in [0.1, 0.15) is 10.0 Å². The Morgan fingerprint density at radius 1 is 1.29 bits per heavy atom. The molecular formula is C13H20ClN3O3S. The minimum absolute atomic E-state index is 0.155. The fourth-order valence-electron chi connectivity index (χ4n) is 2.34. The van der Waals surface area contributed by atoms with Crippen molar-refractivity contribution < 1.29 is 13.5 Å². The van der Waals surface area contributed by atoms with Crippen molar-refractivity contribution in [2.75, 3.05) is 32.7 Å². The maximum absolute atomic E-state index is 12.5. The second kappa shape index (κ2) is 6.18. The number of hydrogen-bond donors (Lipinski definition) is 1. The summed E-state index contributed by atoms with van der Waals surface area (Å²) in [5, 5.41) is 10.1. The van der Waals surface area contributed by atoms with Gasteiger partial charge in [-0.05, 0) is 26.0 Å². The first-order valence-corrected chi connectivity index (χ1v) is 8.57. The molecule has 0 atom stereocenters. The van der Waals surface area contributed by atoms with Gasteiger partial charge in [-0.15, -0.1) is 0 Å². The SMILES string of the molecule is CC(C)(O)CN1CCN(S(=O)(=O)c2ccc(Cl)nc2)CC1. The van der Waals surface area contributed by atoms with E-state index in [4.69, 9.17) is 11.6 Å². The Labute approximate surface area is 130 Å². The standard InChI is InChI=1S/C13H20ClN3O3S/c1-13(2,18)10-16-5-7-17(8-6-16)21(19,20)11-3-4-12(14)15-9-11/h3-4,9,18H,5-8,10H2,1-2H3. The number of rotatable bonds is 4. The van der Waals surface area contributed by atoms with Crippen molar-refractivity contribution in [3.63, 3.8) is 0 Å². The predicted octanol–water partition coefficient (Wildman–Crippen LogP) is 0.812. The first-order valence-electron chi connectivity index (χ1n) is 6.75. The van der Waals surface area contributed by atoms with Gasteiger partial charge in [0.2, 0.25) is 10.0 Å². The molecule has 0 bridgehead atoms. The van der Waals surface area contributed by atoms with Gasteiger partial charge in [0, 0.05) is 38.9 Å². The number of β-amino-alcohol motifs (C(OH)–C–C–N with tert-alkyl or cyclic N) is 1. The zero-order valence-electron chi connectivity index (χ0n) is 12.2. The molecule has 21 heavy (non-hydrogen) atoms. The molecule has 1 aliphatic rings. The largest absolute Gasteiger partial charge is 0.389 e. The van der Waals surface area contributed by atoms with Crippen LogP contribution in [0, 0.1) is 0 Å².